The largest absolute Gasteiger partial charge is 0.342 e. The number of halogens is 3. The first kappa shape index (κ1) is 16.9. The molecule has 0 bridgehead atoms. The summed E-state index contributed by atoms with van der Waals surface area (Å²) in [5.74, 6) is -2.03. The Morgan fingerprint density at radius 1 is 1.45 bits per heavy atom. The van der Waals surface area contributed by atoms with Gasteiger partial charge in [-0.15, -0.1) is 12.4 Å². The number of benzene rings is 1. The SMILES string of the molecule is CC1(CN)CCN(C(=O)Cc2cccc(F)c2F)C1.Cl. The molecular weight excluding hydrogens is 286 g/mol. The van der Waals surface area contributed by atoms with Crippen LogP contribution in [-0.4, -0.2) is 30.4 Å². The molecule has 1 amide bonds. The van der Waals surface area contributed by atoms with Gasteiger partial charge in [-0.25, -0.2) is 8.78 Å². The molecule has 6 heteroatoms. The zero-order valence-electron chi connectivity index (χ0n) is 11.4. The Morgan fingerprint density at radius 2 is 2.15 bits per heavy atom. The fraction of sp³-hybridized carbons (Fsp3) is 0.500. The van der Waals surface area contributed by atoms with E-state index in [0.717, 1.165) is 12.5 Å². The zero-order chi connectivity index (χ0) is 14.0. The summed E-state index contributed by atoms with van der Waals surface area (Å²) in [6.45, 7) is 3.76. The van der Waals surface area contributed by atoms with E-state index in [1.165, 1.54) is 12.1 Å². The van der Waals surface area contributed by atoms with E-state index in [4.69, 9.17) is 5.73 Å². The molecule has 1 aromatic rings. The molecule has 1 aliphatic rings. The van der Waals surface area contributed by atoms with Crippen LogP contribution in [0.3, 0.4) is 0 Å². The van der Waals surface area contributed by atoms with E-state index in [-0.39, 0.29) is 35.7 Å². The topological polar surface area (TPSA) is 46.3 Å². The van der Waals surface area contributed by atoms with Gasteiger partial charge in [0.25, 0.3) is 0 Å². The Bertz CT molecular complexity index is 498. The second-order valence-corrected chi connectivity index (χ2v) is 5.47. The van der Waals surface area contributed by atoms with E-state index < -0.39 is 11.6 Å². The molecule has 1 aliphatic heterocycles. The number of carbonyl (C=O) groups is 1. The van der Waals surface area contributed by atoms with Crippen LogP contribution in [0.5, 0.6) is 0 Å². The van der Waals surface area contributed by atoms with Crippen molar-refractivity contribution in [2.24, 2.45) is 11.1 Å². The third kappa shape index (κ3) is 3.46. The van der Waals surface area contributed by atoms with E-state index in [1.807, 2.05) is 6.92 Å². The highest BCUT2D eigenvalue weighted by Gasteiger charge is 2.34. The van der Waals surface area contributed by atoms with Gasteiger partial charge in [0.2, 0.25) is 5.91 Å². The van der Waals surface area contributed by atoms with Crippen LogP contribution in [0.4, 0.5) is 8.78 Å². The van der Waals surface area contributed by atoms with Crippen LogP contribution in [0.25, 0.3) is 0 Å². The fourth-order valence-electron chi connectivity index (χ4n) is 2.36. The van der Waals surface area contributed by atoms with Crippen LogP contribution < -0.4 is 5.73 Å². The molecule has 2 N–H and O–H groups in total. The molecule has 1 heterocycles. The predicted molar refractivity (Wildman–Crippen MR) is 75.7 cm³/mol. The molecule has 1 fully saturated rings. The van der Waals surface area contributed by atoms with E-state index >= 15 is 0 Å². The molecule has 3 nitrogen and oxygen atoms in total. The van der Waals surface area contributed by atoms with Crippen LogP contribution in [0.2, 0.25) is 0 Å². The summed E-state index contributed by atoms with van der Waals surface area (Å²) in [6, 6.07) is 3.90. The summed E-state index contributed by atoms with van der Waals surface area (Å²) < 4.78 is 26.6. The molecule has 0 spiro atoms. The highest BCUT2D eigenvalue weighted by molar-refractivity contribution is 5.85. The standard InChI is InChI=1S/C14H18F2N2O.ClH/c1-14(8-17)5-6-18(9-14)12(19)7-10-3-2-4-11(15)13(10)16;/h2-4H,5-9,17H2,1H3;1H. The van der Waals surface area contributed by atoms with Crippen molar-refractivity contribution >= 4 is 18.3 Å². The summed E-state index contributed by atoms with van der Waals surface area (Å²) in [7, 11) is 0. The Kier molecular flexibility index (Phi) is 5.48. The molecule has 0 aliphatic carbocycles. The van der Waals surface area contributed by atoms with Crippen molar-refractivity contribution in [3.63, 3.8) is 0 Å². The van der Waals surface area contributed by atoms with E-state index in [1.54, 1.807) is 4.90 Å². The predicted octanol–water partition coefficient (Wildman–Crippen LogP) is 2.13. The normalized spacial score (nSPS) is 21.7. The number of rotatable bonds is 3. The number of carbonyl (C=O) groups excluding carboxylic acids is 1. The summed E-state index contributed by atoms with van der Waals surface area (Å²) in [6.07, 6.45) is 0.741. The Hall–Kier alpha value is -1.20. The first-order valence-electron chi connectivity index (χ1n) is 6.36. The minimum atomic E-state index is -0.934. The fourth-order valence-corrected chi connectivity index (χ4v) is 2.36. The molecular formula is C14H19ClF2N2O. The average molecular weight is 305 g/mol. The molecule has 1 atom stereocenters. The van der Waals surface area contributed by atoms with Crippen molar-refractivity contribution in [1.82, 2.24) is 4.90 Å². The molecule has 1 aromatic carbocycles. The van der Waals surface area contributed by atoms with Gasteiger partial charge in [-0.2, -0.15) is 0 Å². The monoisotopic (exact) mass is 304 g/mol. The van der Waals surface area contributed by atoms with Crippen LogP contribution >= 0.6 is 12.4 Å². The molecule has 1 saturated heterocycles. The highest BCUT2D eigenvalue weighted by atomic mass is 35.5. The van der Waals surface area contributed by atoms with Crippen molar-refractivity contribution in [2.75, 3.05) is 19.6 Å². The van der Waals surface area contributed by atoms with E-state index in [9.17, 15) is 13.6 Å². The molecule has 0 saturated carbocycles. The van der Waals surface area contributed by atoms with Crippen molar-refractivity contribution in [3.8, 4) is 0 Å². The maximum absolute atomic E-state index is 13.5. The number of nitrogens with zero attached hydrogens (tertiary/aromatic N) is 1. The summed E-state index contributed by atoms with van der Waals surface area (Å²) in [4.78, 5) is 13.8. The van der Waals surface area contributed by atoms with Gasteiger partial charge < -0.3 is 10.6 Å². The summed E-state index contributed by atoms with van der Waals surface area (Å²) >= 11 is 0. The lowest BCUT2D eigenvalue weighted by Crippen LogP contribution is -2.35. The van der Waals surface area contributed by atoms with Crippen molar-refractivity contribution < 1.29 is 13.6 Å². The van der Waals surface area contributed by atoms with E-state index in [0.29, 0.717) is 19.6 Å². The second-order valence-electron chi connectivity index (χ2n) is 5.47. The van der Waals surface area contributed by atoms with Crippen molar-refractivity contribution in [3.05, 3.63) is 35.4 Å². The minimum Gasteiger partial charge on any atom is -0.342 e. The number of amides is 1. The van der Waals surface area contributed by atoms with E-state index in [2.05, 4.69) is 0 Å². The first-order chi connectivity index (χ1) is 8.95. The van der Waals surface area contributed by atoms with Gasteiger partial charge in [0.15, 0.2) is 11.6 Å². The van der Waals surface area contributed by atoms with Gasteiger partial charge in [0, 0.05) is 18.7 Å². The van der Waals surface area contributed by atoms with Crippen LogP contribution in [-0.2, 0) is 11.2 Å². The molecule has 0 radical (unpaired) electrons. The van der Waals surface area contributed by atoms with Crippen LogP contribution in [0.15, 0.2) is 18.2 Å². The lowest BCUT2D eigenvalue weighted by Gasteiger charge is -2.22. The Balaban J connectivity index is 0.00000200. The van der Waals surface area contributed by atoms with Gasteiger partial charge >= 0.3 is 0 Å². The lowest BCUT2D eigenvalue weighted by atomic mass is 9.90. The summed E-state index contributed by atoms with van der Waals surface area (Å²) in [5.41, 5.74) is 5.72. The smallest absolute Gasteiger partial charge is 0.227 e. The number of likely N-dealkylation sites (tertiary alicyclic amines) is 1. The molecule has 112 valence electrons. The van der Waals surface area contributed by atoms with Crippen LogP contribution in [0, 0.1) is 17.0 Å². The first-order valence-corrected chi connectivity index (χ1v) is 6.36. The molecule has 0 aromatic heterocycles. The van der Waals surface area contributed by atoms with Gasteiger partial charge in [0.1, 0.15) is 0 Å². The molecule has 20 heavy (non-hydrogen) atoms. The number of hydrogen-bond donors (Lipinski definition) is 1. The lowest BCUT2D eigenvalue weighted by molar-refractivity contribution is -0.129. The Morgan fingerprint density at radius 3 is 2.75 bits per heavy atom. The second kappa shape index (κ2) is 6.50. The maximum atomic E-state index is 13.5. The zero-order valence-corrected chi connectivity index (χ0v) is 12.2. The average Bonchev–Trinajstić information content (AvgIpc) is 2.79. The summed E-state index contributed by atoms with van der Waals surface area (Å²) in [5, 5.41) is 0. The molecule has 2 rings (SSSR count). The Labute approximate surface area is 123 Å². The van der Waals surface area contributed by atoms with Gasteiger partial charge in [-0.05, 0) is 24.4 Å². The third-order valence-electron chi connectivity index (χ3n) is 3.78. The van der Waals surface area contributed by atoms with Crippen molar-refractivity contribution in [1.29, 1.82) is 0 Å². The van der Waals surface area contributed by atoms with Gasteiger partial charge in [0.05, 0.1) is 6.42 Å². The number of nitrogens with two attached hydrogens (primary N) is 1. The number of hydrogen-bond acceptors (Lipinski definition) is 2. The van der Waals surface area contributed by atoms with Crippen LogP contribution in [0.1, 0.15) is 18.9 Å². The van der Waals surface area contributed by atoms with Gasteiger partial charge in [-0.1, -0.05) is 19.1 Å². The third-order valence-corrected chi connectivity index (χ3v) is 3.78. The van der Waals surface area contributed by atoms with Crippen molar-refractivity contribution in [2.45, 2.75) is 19.8 Å². The quantitative estimate of drug-likeness (QED) is 0.930. The molecule has 1 unspecified atom stereocenters. The van der Waals surface area contributed by atoms with Gasteiger partial charge in [-0.3, -0.25) is 4.79 Å². The maximum Gasteiger partial charge on any atom is 0.227 e. The highest BCUT2D eigenvalue weighted by Crippen LogP contribution is 2.29. The minimum absolute atomic E-state index is 0.